The Balaban J connectivity index is 2.44. The Bertz CT molecular complexity index is 120. The lowest BCUT2D eigenvalue weighted by atomic mass is 10.1. The molecule has 1 heterocycles. The molecule has 0 aliphatic carbocycles. The van der Waals surface area contributed by atoms with Crippen molar-refractivity contribution in [2.75, 3.05) is 13.1 Å². The Hall–Kier alpha value is -0.340. The molecule has 2 nitrogen and oxygen atoms in total. The first-order valence-electron chi connectivity index (χ1n) is 3.33. The van der Waals surface area contributed by atoms with Crippen LogP contribution in [0.25, 0.3) is 0 Å². The van der Waals surface area contributed by atoms with E-state index < -0.39 is 0 Å². The number of nitrogens with one attached hydrogen (secondary N) is 1. The predicted molar refractivity (Wildman–Crippen MR) is 37.3 cm³/mol. The third-order valence-corrected chi connectivity index (χ3v) is 1.53. The number of rotatable bonds is 0. The highest BCUT2D eigenvalue weighted by Crippen LogP contribution is 2.05. The molecular formula is C7H13NO. The van der Waals surface area contributed by atoms with E-state index in [1.165, 1.54) is 5.57 Å². The van der Waals surface area contributed by atoms with Crippen molar-refractivity contribution in [1.82, 2.24) is 5.32 Å². The average molecular weight is 127 g/mol. The van der Waals surface area contributed by atoms with Crippen molar-refractivity contribution in [2.45, 2.75) is 19.4 Å². The number of aliphatic hydroxyl groups excluding tert-OH is 1. The summed E-state index contributed by atoms with van der Waals surface area (Å²) in [6.07, 6.45) is 2.77. The first-order valence-corrected chi connectivity index (χ1v) is 3.33. The fourth-order valence-corrected chi connectivity index (χ4v) is 1.02. The average Bonchev–Trinajstić information content (AvgIpc) is 1.93. The molecule has 1 rings (SSSR count). The van der Waals surface area contributed by atoms with Gasteiger partial charge in [0, 0.05) is 13.1 Å². The minimum Gasteiger partial charge on any atom is -0.391 e. The molecule has 9 heavy (non-hydrogen) atoms. The van der Waals surface area contributed by atoms with E-state index in [9.17, 15) is 0 Å². The molecule has 0 saturated carbocycles. The summed E-state index contributed by atoms with van der Waals surface area (Å²) in [6, 6.07) is 0. The van der Waals surface area contributed by atoms with Gasteiger partial charge in [0.05, 0.1) is 6.10 Å². The van der Waals surface area contributed by atoms with E-state index in [4.69, 9.17) is 5.11 Å². The van der Waals surface area contributed by atoms with Gasteiger partial charge in [-0.05, 0) is 13.3 Å². The maximum absolute atomic E-state index is 9.16. The zero-order valence-electron chi connectivity index (χ0n) is 5.72. The quantitative estimate of drug-likeness (QED) is 0.458. The van der Waals surface area contributed by atoms with Crippen LogP contribution < -0.4 is 5.32 Å². The van der Waals surface area contributed by atoms with Crippen LogP contribution in [-0.2, 0) is 0 Å². The molecule has 0 bridgehead atoms. The van der Waals surface area contributed by atoms with E-state index in [0.29, 0.717) is 0 Å². The molecule has 0 fully saturated rings. The summed E-state index contributed by atoms with van der Waals surface area (Å²) in [4.78, 5) is 0. The molecule has 0 saturated heterocycles. The van der Waals surface area contributed by atoms with E-state index in [2.05, 4.69) is 18.3 Å². The van der Waals surface area contributed by atoms with Gasteiger partial charge >= 0.3 is 0 Å². The van der Waals surface area contributed by atoms with Crippen LogP contribution >= 0.6 is 0 Å². The maximum Gasteiger partial charge on any atom is 0.0701 e. The number of hydrogen-bond donors (Lipinski definition) is 2. The first-order chi connectivity index (χ1) is 4.29. The molecule has 2 heteroatoms. The van der Waals surface area contributed by atoms with Gasteiger partial charge in [-0.2, -0.15) is 0 Å². The normalized spacial score (nSPS) is 29.1. The molecule has 0 spiro atoms. The van der Waals surface area contributed by atoms with Crippen molar-refractivity contribution >= 4 is 0 Å². The molecule has 0 amide bonds. The molecule has 0 aromatic heterocycles. The SMILES string of the molecule is CC1=CCNC[C@H](O)C1. The van der Waals surface area contributed by atoms with Gasteiger partial charge in [0.15, 0.2) is 0 Å². The van der Waals surface area contributed by atoms with Gasteiger partial charge in [-0.1, -0.05) is 11.6 Å². The van der Waals surface area contributed by atoms with Crippen molar-refractivity contribution in [1.29, 1.82) is 0 Å². The van der Waals surface area contributed by atoms with Crippen LogP contribution in [-0.4, -0.2) is 24.3 Å². The van der Waals surface area contributed by atoms with Gasteiger partial charge in [0.25, 0.3) is 0 Å². The molecule has 0 radical (unpaired) electrons. The lowest BCUT2D eigenvalue weighted by Gasteiger charge is -2.05. The molecule has 52 valence electrons. The fourth-order valence-electron chi connectivity index (χ4n) is 1.02. The molecule has 1 aliphatic heterocycles. The summed E-state index contributed by atoms with van der Waals surface area (Å²) in [5.74, 6) is 0. The molecule has 1 aliphatic rings. The minimum atomic E-state index is -0.177. The molecule has 0 aromatic carbocycles. The van der Waals surface area contributed by atoms with Crippen LogP contribution in [0.1, 0.15) is 13.3 Å². The van der Waals surface area contributed by atoms with E-state index in [0.717, 1.165) is 19.5 Å². The monoisotopic (exact) mass is 127 g/mol. The van der Waals surface area contributed by atoms with Gasteiger partial charge in [-0.25, -0.2) is 0 Å². The Kier molecular flexibility index (Phi) is 2.25. The number of aliphatic hydroxyl groups is 1. The second-order valence-electron chi connectivity index (χ2n) is 2.57. The Morgan fingerprint density at radius 1 is 1.78 bits per heavy atom. The number of β-amino-alcohol motifs (C(OH)–C–C–N with tert-alkyl or cyclic N) is 1. The highest BCUT2D eigenvalue weighted by molar-refractivity contribution is 5.03. The van der Waals surface area contributed by atoms with Crippen LogP contribution in [0.4, 0.5) is 0 Å². The van der Waals surface area contributed by atoms with Crippen LogP contribution in [0, 0.1) is 0 Å². The van der Waals surface area contributed by atoms with Gasteiger partial charge < -0.3 is 10.4 Å². The Morgan fingerprint density at radius 2 is 2.56 bits per heavy atom. The number of hydrogen-bond acceptors (Lipinski definition) is 2. The van der Waals surface area contributed by atoms with Crippen molar-refractivity contribution in [3.05, 3.63) is 11.6 Å². The topological polar surface area (TPSA) is 32.3 Å². The highest BCUT2D eigenvalue weighted by Gasteiger charge is 2.06. The van der Waals surface area contributed by atoms with E-state index in [1.54, 1.807) is 0 Å². The van der Waals surface area contributed by atoms with Gasteiger partial charge in [-0.3, -0.25) is 0 Å². The largest absolute Gasteiger partial charge is 0.391 e. The summed E-state index contributed by atoms with van der Waals surface area (Å²) in [6.45, 7) is 3.69. The van der Waals surface area contributed by atoms with Crippen LogP contribution in [0.5, 0.6) is 0 Å². The summed E-state index contributed by atoms with van der Waals surface area (Å²) < 4.78 is 0. The summed E-state index contributed by atoms with van der Waals surface area (Å²) >= 11 is 0. The van der Waals surface area contributed by atoms with E-state index in [-0.39, 0.29) is 6.10 Å². The Labute approximate surface area is 55.6 Å². The summed E-state index contributed by atoms with van der Waals surface area (Å²) in [5.41, 5.74) is 1.28. The van der Waals surface area contributed by atoms with Crippen LogP contribution in [0.15, 0.2) is 11.6 Å². The standard InChI is InChI=1S/C7H13NO/c1-6-2-3-8-5-7(9)4-6/h2,7-9H,3-5H2,1H3/t7-/m1/s1. The third-order valence-electron chi connectivity index (χ3n) is 1.53. The van der Waals surface area contributed by atoms with E-state index in [1.807, 2.05) is 0 Å². The lowest BCUT2D eigenvalue weighted by molar-refractivity contribution is 0.176. The van der Waals surface area contributed by atoms with E-state index >= 15 is 0 Å². The fraction of sp³-hybridized carbons (Fsp3) is 0.714. The van der Waals surface area contributed by atoms with Crippen molar-refractivity contribution in [2.24, 2.45) is 0 Å². The second-order valence-corrected chi connectivity index (χ2v) is 2.57. The smallest absolute Gasteiger partial charge is 0.0701 e. The van der Waals surface area contributed by atoms with Crippen molar-refractivity contribution in [3.63, 3.8) is 0 Å². The third kappa shape index (κ3) is 2.16. The molecule has 2 N–H and O–H groups in total. The maximum atomic E-state index is 9.16. The molecule has 0 aromatic rings. The van der Waals surface area contributed by atoms with Gasteiger partial charge in [0.1, 0.15) is 0 Å². The first kappa shape index (κ1) is 6.78. The Morgan fingerprint density at radius 3 is 3.33 bits per heavy atom. The second kappa shape index (κ2) is 2.99. The minimum absolute atomic E-state index is 0.177. The van der Waals surface area contributed by atoms with Crippen molar-refractivity contribution < 1.29 is 5.11 Å². The highest BCUT2D eigenvalue weighted by atomic mass is 16.3. The predicted octanol–water partition coefficient (Wildman–Crippen LogP) is 0.287. The molecule has 0 unspecified atom stereocenters. The van der Waals surface area contributed by atoms with Gasteiger partial charge in [0.2, 0.25) is 0 Å². The molecule has 1 atom stereocenters. The zero-order valence-corrected chi connectivity index (χ0v) is 5.72. The van der Waals surface area contributed by atoms with Crippen molar-refractivity contribution in [3.8, 4) is 0 Å². The lowest BCUT2D eigenvalue weighted by Crippen LogP contribution is -2.24. The summed E-state index contributed by atoms with van der Waals surface area (Å²) in [7, 11) is 0. The van der Waals surface area contributed by atoms with Crippen LogP contribution in [0.3, 0.4) is 0 Å². The van der Waals surface area contributed by atoms with Gasteiger partial charge in [-0.15, -0.1) is 0 Å². The molecular weight excluding hydrogens is 114 g/mol. The summed E-state index contributed by atoms with van der Waals surface area (Å²) in [5, 5.41) is 12.3. The van der Waals surface area contributed by atoms with Crippen LogP contribution in [0.2, 0.25) is 0 Å². The zero-order chi connectivity index (χ0) is 6.69.